The third kappa shape index (κ3) is 2.20. The number of aromatic nitrogens is 2. The molecule has 1 aliphatic rings. The summed E-state index contributed by atoms with van der Waals surface area (Å²) >= 11 is 0. The van der Waals surface area contributed by atoms with Gasteiger partial charge in [0, 0.05) is 5.69 Å². The van der Waals surface area contributed by atoms with Crippen molar-refractivity contribution in [2.24, 2.45) is 5.73 Å². The van der Waals surface area contributed by atoms with E-state index in [1.807, 2.05) is 11.5 Å². The minimum atomic E-state index is -0.815. The summed E-state index contributed by atoms with van der Waals surface area (Å²) < 4.78 is 1.88. The number of hydrogen-bond donors (Lipinski definition) is 2. The molecule has 5 nitrogen and oxygen atoms in total. The van der Waals surface area contributed by atoms with Crippen molar-refractivity contribution >= 4 is 5.97 Å². The Morgan fingerprint density at radius 1 is 1.53 bits per heavy atom. The van der Waals surface area contributed by atoms with E-state index in [9.17, 15) is 9.90 Å². The standard InChI is InChI=1S/C12H19N3O2/c1-8-14-9-4-2-3-5-10(9)15(8)11(6-7-13)12(16)17/h11H,2-7,13H2,1H3,(H,16,17). The molecule has 0 aliphatic heterocycles. The van der Waals surface area contributed by atoms with Crippen LogP contribution in [0.4, 0.5) is 0 Å². The maximum absolute atomic E-state index is 11.3. The van der Waals surface area contributed by atoms with E-state index in [0.717, 1.165) is 42.9 Å². The molecule has 2 rings (SSSR count). The summed E-state index contributed by atoms with van der Waals surface area (Å²) in [6.45, 7) is 2.26. The number of aryl methyl sites for hydroxylation is 2. The van der Waals surface area contributed by atoms with Gasteiger partial charge in [0.15, 0.2) is 0 Å². The maximum Gasteiger partial charge on any atom is 0.326 e. The first-order valence-corrected chi connectivity index (χ1v) is 6.14. The fourth-order valence-corrected chi connectivity index (χ4v) is 2.63. The van der Waals surface area contributed by atoms with Crippen molar-refractivity contribution in [2.45, 2.75) is 45.1 Å². The molecule has 0 saturated carbocycles. The average molecular weight is 237 g/mol. The SMILES string of the molecule is Cc1nc2c(n1C(CCN)C(=O)O)CCCC2. The van der Waals surface area contributed by atoms with Gasteiger partial charge in [-0.15, -0.1) is 0 Å². The average Bonchev–Trinajstić information content (AvgIpc) is 2.62. The third-order valence-corrected chi connectivity index (χ3v) is 3.38. The molecule has 0 bridgehead atoms. The van der Waals surface area contributed by atoms with Crippen LogP contribution < -0.4 is 5.73 Å². The first-order chi connectivity index (χ1) is 8.15. The Labute approximate surface area is 101 Å². The van der Waals surface area contributed by atoms with E-state index >= 15 is 0 Å². The van der Waals surface area contributed by atoms with Gasteiger partial charge < -0.3 is 15.4 Å². The zero-order valence-corrected chi connectivity index (χ0v) is 10.1. The Hall–Kier alpha value is -1.36. The lowest BCUT2D eigenvalue weighted by Crippen LogP contribution is -2.25. The molecule has 1 aromatic rings. The molecular weight excluding hydrogens is 218 g/mol. The van der Waals surface area contributed by atoms with E-state index < -0.39 is 12.0 Å². The predicted octanol–water partition coefficient (Wildman–Crippen LogP) is 1.04. The molecule has 0 aromatic carbocycles. The van der Waals surface area contributed by atoms with Gasteiger partial charge in [0.1, 0.15) is 11.9 Å². The summed E-state index contributed by atoms with van der Waals surface area (Å²) in [5.41, 5.74) is 7.69. The molecule has 0 spiro atoms. The predicted molar refractivity (Wildman–Crippen MR) is 64.0 cm³/mol. The van der Waals surface area contributed by atoms with E-state index in [2.05, 4.69) is 4.98 Å². The van der Waals surface area contributed by atoms with Crippen molar-refractivity contribution in [1.82, 2.24) is 9.55 Å². The van der Waals surface area contributed by atoms with Gasteiger partial charge in [-0.05, 0) is 45.6 Å². The van der Waals surface area contributed by atoms with Crippen LogP contribution >= 0.6 is 0 Å². The molecule has 0 radical (unpaired) electrons. The Bertz CT molecular complexity index is 426. The van der Waals surface area contributed by atoms with Crippen LogP contribution in [-0.2, 0) is 17.6 Å². The lowest BCUT2D eigenvalue weighted by atomic mass is 10.0. The highest BCUT2D eigenvalue weighted by Gasteiger charge is 2.26. The Balaban J connectivity index is 2.41. The van der Waals surface area contributed by atoms with Gasteiger partial charge in [-0.3, -0.25) is 0 Å². The molecule has 1 heterocycles. The van der Waals surface area contributed by atoms with E-state index in [0.29, 0.717) is 13.0 Å². The summed E-state index contributed by atoms with van der Waals surface area (Å²) in [7, 11) is 0. The molecule has 94 valence electrons. The van der Waals surface area contributed by atoms with Crippen LogP contribution in [0.25, 0.3) is 0 Å². The molecule has 3 N–H and O–H groups in total. The van der Waals surface area contributed by atoms with Gasteiger partial charge in [0.05, 0.1) is 5.69 Å². The number of aliphatic carboxylic acids is 1. The summed E-state index contributed by atoms with van der Waals surface area (Å²) in [5.74, 6) is -0.0120. The number of carboxylic acid groups (broad SMARTS) is 1. The molecule has 5 heteroatoms. The topological polar surface area (TPSA) is 81.1 Å². The minimum absolute atomic E-state index is 0.378. The van der Waals surface area contributed by atoms with Crippen LogP contribution in [0.3, 0.4) is 0 Å². The van der Waals surface area contributed by atoms with Crippen molar-refractivity contribution in [3.8, 4) is 0 Å². The van der Waals surface area contributed by atoms with E-state index in [1.165, 1.54) is 0 Å². The summed E-state index contributed by atoms with van der Waals surface area (Å²) in [5, 5.41) is 9.30. The summed E-state index contributed by atoms with van der Waals surface area (Å²) in [4.78, 5) is 15.8. The van der Waals surface area contributed by atoms with Crippen LogP contribution in [0.2, 0.25) is 0 Å². The monoisotopic (exact) mass is 237 g/mol. The molecule has 0 saturated heterocycles. The third-order valence-electron chi connectivity index (χ3n) is 3.38. The highest BCUT2D eigenvalue weighted by molar-refractivity contribution is 5.72. The van der Waals surface area contributed by atoms with Crippen LogP contribution in [0.5, 0.6) is 0 Å². The summed E-state index contributed by atoms with van der Waals surface area (Å²) in [6, 6.07) is -0.561. The smallest absolute Gasteiger partial charge is 0.326 e. The molecule has 17 heavy (non-hydrogen) atoms. The number of carbonyl (C=O) groups is 1. The van der Waals surface area contributed by atoms with Crippen LogP contribution in [-0.4, -0.2) is 27.2 Å². The number of nitrogens with two attached hydrogens (primary N) is 1. The number of hydrogen-bond acceptors (Lipinski definition) is 3. The first kappa shape index (κ1) is 12.1. The molecule has 0 amide bonds. The zero-order valence-electron chi connectivity index (χ0n) is 10.1. The van der Waals surface area contributed by atoms with Gasteiger partial charge >= 0.3 is 5.97 Å². The van der Waals surface area contributed by atoms with Crippen LogP contribution in [0, 0.1) is 6.92 Å². The second-order valence-corrected chi connectivity index (χ2v) is 4.56. The van der Waals surface area contributed by atoms with E-state index in [-0.39, 0.29) is 0 Å². The summed E-state index contributed by atoms with van der Waals surface area (Å²) in [6.07, 6.45) is 4.63. The Kier molecular flexibility index (Phi) is 3.47. The second kappa shape index (κ2) is 4.87. The Morgan fingerprint density at radius 2 is 2.24 bits per heavy atom. The normalized spacial score (nSPS) is 16.6. The number of nitrogens with zero attached hydrogens (tertiary/aromatic N) is 2. The fraction of sp³-hybridized carbons (Fsp3) is 0.667. The van der Waals surface area contributed by atoms with Gasteiger partial charge in [-0.25, -0.2) is 9.78 Å². The van der Waals surface area contributed by atoms with Gasteiger partial charge in [0.25, 0.3) is 0 Å². The molecule has 0 fully saturated rings. The van der Waals surface area contributed by atoms with Crippen LogP contribution in [0.15, 0.2) is 0 Å². The fourth-order valence-electron chi connectivity index (χ4n) is 2.63. The molecular formula is C12H19N3O2. The lowest BCUT2D eigenvalue weighted by molar-refractivity contribution is -0.141. The number of carboxylic acids is 1. The molecule has 1 aromatic heterocycles. The second-order valence-electron chi connectivity index (χ2n) is 4.56. The minimum Gasteiger partial charge on any atom is -0.480 e. The van der Waals surface area contributed by atoms with Crippen LogP contribution in [0.1, 0.15) is 42.5 Å². The highest BCUT2D eigenvalue weighted by atomic mass is 16.4. The van der Waals surface area contributed by atoms with Crippen molar-refractivity contribution in [2.75, 3.05) is 6.54 Å². The Morgan fingerprint density at radius 3 is 2.88 bits per heavy atom. The number of imidazole rings is 1. The highest BCUT2D eigenvalue weighted by Crippen LogP contribution is 2.26. The van der Waals surface area contributed by atoms with Gasteiger partial charge in [0.2, 0.25) is 0 Å². The molecule has 1 aliphatic carbocycles. The lowest BCUT2D eigenvalue weighted by Gasteiger charge is -2.20. The first-order valence-electron chi connectivity index (χ1n) is 6.14. The number of rotatable bonds is 4. The number of fused-ring (bicyclic) bond motifs is 1. The van der Waals surface area contributed by atoms with Gasteiger partial charge in [-0.2, -0.15) is 0 Å². The zero-order chi connectivity index (χ0) is 12.4. The van der Waals surface area contributed by atoms with Crippen molar-refractivity contribution < 1.29 is 9.90 Å². The van der Waals surface area contributed by atoms with Crippen molar-refractivity contribution in [1.29, 1.82) is 0 Å². The van der Waals surface area contributed by atoms with E-state index in [4.69, 9.17) is 5.73 Å². The largest absolute Gasteiger partial charge is 0.480 e. The quantitative estimate of drug-likeness (QED) is 0.820. The molecule has 1 atom stereocenters. The van der Waals surface area contributed by atoms with E-state index in [1.54, 1.807) is 0 Å². The molecule has 1 unspecified atom stereocenters. The maximum atomic E-state index is 11.3. The van der Waals surface area contributed by atoms with Gasteiger partial charge in [-0.1, -0.05) is 0 Å². The van der Waals surface area contributed by atoms with Crippen molar-refractivity contribution in [3.63, 3.8) is 0 Å². The van der Waals surface area contributed by atoms with Crippen molar-refractivity contribution in [3.05, 3.63) is 17.2 Å².